The molecule has 8 heteroatoms. The Labute approximate surface area is 161 Å². The van der Waals surface area contributed by atoms with Crippen molar-refractivity contribution in [3.05, 3.63) is 65.5 Å². The summed E-state index contributed by atoms with van der Waals surface area (Å²) in [4.78, 5) is 34.0. The summed E-state index contributed by atoms with van der Waals surface area (Å²) in [7, 11) is 1.30. The van der Waals surface area contributed by atoms with Gasteiger partial charge in [-0.1, -0.05) is 41.6 Å². The molecular weight excluding hydrogens is 360 g/mol. The van der Waals surface area contributed by atoms with E-state index in [0.717, 1.165) is 5.56 Å². The highest BCUT2D eigenvalue weighted by atomic mass is 16.7. The molecule has 3 rings (SSSR count). The van der Waals surface area contributed by atoms with Gasteiger partial charge < -0.3 is 14.9 Å². The Balaban J connectivity index is 1.65. The first-order valence-corrected chi connectivity index (χ1v) is 8.58. The van der Waals surface area contributed by atoms with E-state index < -0.39 is 17.5 Å². The molecule has 1 amide bonds. The number of nitrogens with one attached hydrogen (secondary N) is 1. The molecule has 0 fully saturated rings. The zero-order valence-electron chi connectivity index (χ0n) is 15.2. The zero-order valence-corrected chi connectivity index (χ0v) is 15.2. The number of carbonyl (C=O) groups is 2. The standard InChI is InChI=1S/C20H18N4O4/c1-27-19(26)20(10-14-6-3-2-4-7-14)11-16(24-28-20)13-22-18(25)17-9-5-8-15(12-21)23-17/h2-9H,10-11,13H2,1H3,(H,22,25). The van der Waals surface area contributed by atoms with Crippen LogP contribution >= 0.6 is 0 Å². The monoisotopic (exact) mass is 378 g/mol. The van der Waals surface area contributed by atoms with Gasteiger partial charge in [-0.05, 0) is 17.7 Å². The molecule has 2 aromatic rings. The van der Waals surface area contributed by atoms with Crippen LogP contribution in [0.5, 0.6) is 0 Å². The third kappa shape index (κ3) is 4.15. The van der Waals surface area contributed by atoms with Crippen LogP contribution in [0, 0.1) is 11.3 Å². The van der Waals surface area contributed by atoms with Crippen LogP contribution in [-0.4, -0.2) is 41.8 Å². The second kappa shape index (κ2) is 8.31. The molecule has 0 aliphatic carbocycles. The Bertz CT molecular complexity index is 952. The fourth-order valence-electron chi connectivity index (χ4n) is 2.93. The van der Waals surface area contributed by atoms with Crippen LogP contribution in [0.2, 0.25) is 0 Å². The van der Waals surface area contributed by atoms with Crippen molar-refractivity contribution >= 4 is 17.6 Å². The Morgan fingerprint density at radius 1 is 1.25 bits per heavy atom. The van der Waals surface area contributed by atoms with Gasteiger partial charge in [0.15, 0.2) is 0 Å². The lowest BCUT2D eigenvalue weighted by Crippen LogP contribution is -2.43. The van der Waals surface area contributed by atoms with Gasteiger partial charge >= 0.3 is 5.97 Å². The van der Waals surface area contributed by atoms with Crippen molar-refractivity contribution in [2.75, 3.05) is 13.7 Å². The molecule has 1 N–H and O–H groups in total. The number of carbonyl (C=O) groups excluding carboxylic acids is 2. The smallest absolute Gasteiger partial charge is 0.353 e. The summed E-state index contributed by atoms with van der Waals surface area (Å²) in [5, 5.41) is 15.5. The van der Waals surface area contributed by atoms with Crippen molar-refractivity contribution in [2.45, 2.75) is 18.4 Å². The third-order valence-electron chi connectivity index (χ3n) is 4.28. The van der Waals surface area contributed by atoms with Gasteiger partial charge in [0.05, 0.1) is 19.4 Å². The van der Waals surface area contributed by atoms with Crippen LogP contribution in [0.15, 0.2) is 53.7 Å². The first-order chi connectivity index (χ1) is 13.6. The average Bonchev–Trinajstić information content (AvgIpc) is 3.16. The van der Waals surface area contributed by atoms with E-state index in [0.29, 0.717) is 12.1 Å². The number of hydrogen-bond acceptors (Lipinski definition) is 7. The van der Waals surface area contributed by atoms with Gasteiger partial charge in [-0.15, -0.1) is 0 Å². The van der Waals surface area contributed by atoms with E-state index in [1.165, 1.54) is 19.2 Å². The molecule has 1 aliphatic heterocycles. The molecule has 28 heavy (non-hydrogen) atoms. The van der Waals surface area contributed by atoms with Gasteiger partial charge in [0.1, 0.15) is 17.5 Å². The van der Waals surface area contributed by atoms with E-state index in [2.05, 4.69) is 15.5 Å². The summed E-state index contributed by atoms with van der Waals surface area (Å²) in [5.41, 5.74) is 0.440. The highest BCUT2D eigenvalue weighted by Crippen LogP contribution is 2.29. The minimum Gasteiger partial charge on any atom is -0.466 e. The van der Waals surface area contributed by atoms with E-state index in [-0.39, 0.29) is 24.4 Å². The topological polar surface area (TPSA) is 114 Å². The molecule has 1 unspecified atom stereocenters. The molecule has 0 saturated carbocycles. The highest BCUT2D eigenvalue weighted by molar-refractivity contribution is 5.99. The van der Waals surface area contributed by atoms with Gasteiger partial charge in [-0.2, -0.15) is 5.26 Å². The number of hydrogen-bond donors (Lipinski definition) is 1. The SMILES string of the molecule is COC(=O)C1(Cc2ccccc2)CC(CNC(=O)c2cccc(C#N)n2)=NO1. The van der Waals surface area contributed by atoms with Gasteiger partial charge in [0, 0.05) is 12.8 Å². The molecule has 1 aromatic heterocycles. The largest absolute Gasteiger partial charge is 0.466 e. The summed E-state index contributed by atoms with van der Waals surface area (Å²) in [6, 6.07) is 15.9. The fourth-order valence-corrected chi connectivity index (χ4v) is 2.93. The third-order valence-corrected chi connectivity index (χ3v) is 4.28. The van der Waals surface area contributed by atoms with E-state index in [9.17, 15) is 9.59 Å². The van der Waals surface area contributed by atoms with Crippen LogP contribution in [-0.2, 0) is 20.8 Å². The lowest BCUT2D eigenvalue weighted by Gasteiger charge is -2.23. The first kappa shape index (κ1) is 19.0. The number of benzene rings is 1. The van der Waals surface area contributed by atoms with Crippen molar-refractivity contribution in [2.24, 2.45) is 5.16 Å². The van der Waals surface area contributed by atoms with Gasteiger partial charge in [-0.3, -0.25) is 4.79 Å². The van der Waals surface area contributed by atoms with E-state index >= 15 is 0 Å². The number of rotatable bonds is 6. The fraction of sp³-hybridized carbons (Fsp3) is 0.250. The predicted molar refractivity (Wildman–Crippen MR) is 99.3 cm³/mol. The summed E-state index contributed by atoms with van der Waals surface area (Å²) in [6.45, 7) is 0.0881. The number of esters is 1. The number of aromatic nitrogens is 1. The number of oxime groups is 1. The van der Waals surface area contributed by atoms with Crippen LogP contribution in [0.3, 0.4) is 0 Å². The van der Waals surface area contributed by atoms with Crippen LogP contribution < -0.4 is 5.32 Å². The molecule has 142 valence electrons. The maximum atomic E-state index is 12.4. The molecular formula is C20H18N4O4. The molecule has 0 radical (unpaired) electrons. The van der Waals surface area contributed by atoms with Crippen molar-refractivity contribution in [3.63, 3.8) is 0 Å². The lowest BCUT2D eigenvalue weighted by atomic mass is 9.89. The lowest BCUT2D eigenvalue weighted by molar-refractivity contribution is -0.166. The normalized spacial score (nSPS) is 17.8. The number of ether oxygens (including phenoxy) is 1. The minimum atomic E-state index is -1.25. The second-order valence-electron chi connectivity index (χ2n) is 6.28. The number of nitrogens with zero attached hydrogens (tertiary/aromatic N) is 3. The van der Waals surface area contributed by atoms with Crippen LogP contribution in [0.25, 0.3) is 0 Å². The molecule has 0 spiro atoms. The van der Waals surface area contributed by atoms with Crippen molar-refractivity contribution in [1.29, 1.82) is 5.26 Å². The predicted octanol–water partition coefficient (Wildman–Crippen LogP) is 1.61. The van der Waals surface area contributed by atoms with E-state index in [1.54, 1.807) is 6.07 Å². The van der Waals surface area contributed by atoms with Crippen molar-refractivity contribution in [3.8, 4) is 6.07 Å². The summed E-state index contributed by atoms with van der Waals surface area (Å²) in [6.07, 6.45) is 0.494. The number of pyridine rings is 1. The summed E-state index contributed by atoms with van der Waals surface area (Å²) in [5.74, 6) is -0.969. The zero-order chi connectivity index (χ0) is 20.0. The average molecular weight is 378 g/mol. The number of amides is 1. The highest BCUT2D eigenvalue weighted by Gasteiger charge is 2.47. The van der Waals surface area contributed by atoms with E-state index in [4.69, 9.17) is 14.8 Å². The molecule has 0 bridgehead atoms. The summed E-state index contributed by atoms with van der Waals surface area (Å²) >= 11 is 0. The second-order valence-corrected chi connectivity index (χ2v) is 6.28. The maximum Gasteiger partial charge on any atom is 0.353 e. The Kier molecular flexibility index (Phi) is 5.65. The molecule has 8 nitrogen and oxygen atoms in total. The Morgan fingerprint density at radius 2 is 2.04 bits per heavy atom. The number of nitriles is 1. The first-order valence-electron chi connectivity index (χ1n) is 8.58. The maximum absolute atomic E-state index is 12.4. The van der Waals surface area contributed by atoms with Gasteiger partial charge in [-0.25, -0.2) is 9.78 Å². The van der Waals surface area contributed by atoms with Gasteiger partial charge in [0.25, 0.3) is 5.91 Å². The summed E-state index contributed by atoms with van der Waals surface area (Å²) < 4.78 is 4.91. The van der Waals surface area contributed by atoms with Crippen LogP contribution in [0.1, 0.15) is 28.2 Å². The quantitative estimate of drug-likeness (QED) is 0.764. The van der Waals surface area contributed by atoms with Crippen LogP contribution in [0.4, 0.5) is 0 Å². The number of methoxy groups -OCH3 is 1. The molecule has 2 heterocycles. The molecule has 0 saturated heterocycles. The molecule has 1 aliphatic rings. The Morgan fingerprint density at radius 3 is 2.75 bits per heavy atom. The molecule has 1 atom stereocenters. The van der Waals surface area contributed by atoms with Crippen molar-refractivity contribution in [1.82, 2.24) is 10.3 Å². The molecule has 1 aromatic carbocycles. The van der Waals surface area contributed by atoms with Crippen molar-refractivity contribution < 1.29 is 19.2 Å². The van der Waals surface area contributed by atoms with Gasteiger partial charge in [0.2, 0.25) is 5.60 Å². The van der Waals surface area contributed by atoms with E-state index in [1.807, 2.05) is 36.4 Å². The minimum absolute atomic E-state index is 0.0881. The Hall–Kier alpha value is -3.73.